The van der Waals surface area contributed by atoms with E-state index in [0.717, 1.165) is 6.07 Å². The average molecular weight is 277 g/mol. The highest BCUT2D eigenvalue weighted by molar-refractivity contribution is 8.13. The van der Waals surface area contributed by atoms with E-state index in [2.05, 4.69) is 4.74 Å². The molecule has 0 radical (unpaired) electrons. The first-order chi connectivity index (χ1) is 7.09. The van der Waals surface area contributed by atoms with Gasteiger partial charge in [-0.2, -0.15) is 0 Å². The van der Waals surface area contributed by atoms with Crippen molar-refractivity contribution >= 4 is 19.7 Å². The SMILES string of the molecule is O=S(=O)(Cl)c1cc(O)ccc1OC(F)(F)F. The number of phenols is 1. The molecule has 1 aromatic carbocycles. The summed E-state index contributed by atoms with van der Waals surface area (Å²) in [5, 5.41) is 8.94. The second kappa shape index (κ2) is 4.02. The zero-order chi connectivity index (χ0) is 12.6. The molecule has 0 fully saturated rings. The molecule has 16 heavy (non-hydrogen) atoms. The molecule has 0 saturated carbocycles. The van der Waals surface area contributed by atoms with Gasteiger partial charge in [-0.15, -0.1) is 13.2 Å². The molecule has 0 unspecified atom stereocenters. The summed E-state index contributed by atoms with van der Waals surface area (Å²) in [4.78, 5) is -0.952. The van der Waals surface area contributed by atoms with E-state index in [4.69, 9.17) is 15.8 Å². The Hall–Kier alpha value is -1.15. The van der Waals surface area contributed by atoms with Crippen molar-refractivity contribution < 1.29 is 31.4 Å². The summed E-state index contributed by atoms with van der Waals surface area (Å²) in [5.74, 6) is -1.55. The second-order valence-corrected chi connectivity index (χ2v) is 5.15. The zero-order valence-corrected chi connectivity index (χ0v) is 8.90. The normalized spacial score (nSPS) is 12.5. The Morgan fingerprint density at radius 1 is 1.31 bits per heavy atom. The molecule has 1 N–H and O–H groups in total. The van der Waals surface area contributed by atoms with E-state index in [1.54, 1.807) is 0 Å². The van der Waals surface area contributed by atoms with Crippen LogP contribution >= 0.6 is 10.7 Å². The monoisotopic (exact) mass is 276 g/mol. The third-order valence-corrected chi connectivity index (χ3v) is 2.76. The summed E-state index contributed by atoms with van der Waals surface area (Å²) < 4.78 is 60.9. The lowest BCUT2D eigenvalue weighted by atomic mass is 10.3. The van der Waals surface area contributed by atoms with Gasteiger partial charge in [0.1, 0.15) is 16.4 Å². The highest BCUT2D eigenvalue weighted by atomic mass is 35.7. The van der Waals surface area contributed by atoms with Crippen LogP contribution in [0, 0.1) is 0 Å². The van der Waals surface area contributed by atoms with Gasteiger partial charge < -0.3 is 9.84 Å². The van der Waals surface area contributed by atoms with Gasteiger partial charge >= 0.3 is 6.36 Å². The van der Waals surface area contributed by atoms with Gasteiger partial charge in [-0.25, -0.2) is 8.42 Å². The topological polar surface area (TPSA) is 63.6 Å². The van der Waals surface area contributed by atoms with Gasteiger partial charge in [-0.3, -0.25) is 0 Å². The van der Waals surface area contributed by atoms with E-state index in [0.29, 0.717) is 12.1 Å². The van der Waals surface area contributed by atoms with Gasteiger partial charge in [0.2, 0.25) is 0 Å². The van der Waals surface area contributed by atoms with Gasteiger partial charge in [0.05, 0.1) is 0 Å². The molecule has 90 valence electrons. The lowest BCUT2D eigenvalue weighted by molar-refractivity contribution is -0.275. The smallest absolute Gasteiger partial charge is 0.508 e. The van der Waals surface area contributed by atoms with Crippen LogP contribution < -0.4 is 4.74 Å². The highest BCUT2D eigenvalue weighted by Gasteiger charge is 2.33. The summed E-state index contributed by atoms with van der Waals surface area (Å²) in [5.41, 5.74) is 0. The van der Waals surface area contributed by atoms with Gasteiger partial charge in [-0.05, 0) is 12.1 Å². The van der Waals surface area contributed by atoms with Crippen molar-refractivity contribution in [1.29, 1.82) is 0 Å². The maximum atomic E-state index is 11.9. The Morgan fingerprint density at radius 2 is 1.88 bits per heavy atom. The maximum Gasteiger partial charge on any atom is 0.573 e. The fourth-order valence-electron chi connectivity index (χ4n) is 0.896. The van der Waals surface area contributed by atoms with Gasteiger partial charge in [0, 0.05) is 16.7 Å². The van der Waals surface area contributed by atoms with Crippen LogP contribution in [0.25, 0.3) is 0 Å². The Labute approximate surface area is 92.6 Å². The van der Waals surface area contributed by atoms with Crippen LogP contribution in [0.5, 0.6) is 11.5 Å². The van der Waals surface area contributed by atoms with Gasteiger partial charge in [0.15, 0.2) is 0 Å². The zero-order valence-electron chi connectivity index (χ0n) is 7.32. The minimum absolute atomic E-state index is 0.547. The number of phenolic OH excluding ortho intramolecular Hbond substituents is 1. The van der Waals surface area contributed by atoms with Crippen molar-refractivity contribution in [1.82, 2.24) is 0 Å². The number of ether oxygens (including phenoxy) is 1. The fraction of sp³-hybridized carbons (Fsp3) is 0.143. The highest BCUT2D eigenvalue weighted by Crippen LogP contribution is 2.33. The number of hydrogen-bond donors (Lipinski definition) is 1. The number of benzene rings is 1. The number of alkyl halides is 3. The first kappa shape index (κ1) is 12.9. The molecule has 1 rings (SSSR count). The number of hydrogen-bond acceptors (Lipinski definition) is 4. The molecule has 0 bridgehead atoms. The van der Waals surface area contributed by atoms with Crippen LogP contribution in [0.4, 0.5) is 13.2 Å². The first-order valence-corrected chi connectivity index (χ1v) is 5.94. The first-order valence-electron chi connectivity index (χ1n) is 3.63. The Morgan fingerprint density at radius 3 is 2.31 bits per heavy atom. The Balaban J connectivity index is 3.30. The van der Waals surface area contributed by atoms with Crippen molar-refractivity contribution in [3.63, 3.8) is 0 Å². The molecule has 0 aromatic heterocycles. The molecule has 0 saturated heterocycles. The molecule has 4 nitrogen and oxygen atoms in total. The number of halogens is 4. The van der Waals surface area contributed by atoms with Crippen molar-refractivity contribution in [2.45, 2.75) is 11.3 Å². The predicted molar refractivity (Wildman–Crippen MR) is 47.8 cm³/mol. The molecule has 9 heteroatoms. The number of aromatic hydroxyl groups is 1. The van der Waals surface area contributed by atoms with Crippen molar-refractivity contribution in [3.05, 3.63) is 18.2 Å². The van der Waals surface area contributed by atoms with Crippen LogP contribution in [0.1, 0.15) is 0 Å². The molecule has 0 aliphatic rings. The summed E-state index contributed by atoms with van der Waals surface area (Å²) in [6.45, 7) is 0. The second-order valence-electron chi connectivity index (χ2n) is 2.62. The number of rotatable bonds is 2. The summed E-state index contributed by atoms with van der Waals surface area (Å²) in [7, 11) is 0.437. The van der Waals surface area contributed by atoms with E-state index in [1.165, 1.54) is 0 Å². The molecule has 0 atom stereocenters. The standard InChI is InChI=1S/C7H4ClF3O4S/c8-16(13,14)6-3-4(12)1-2-5(6)15-7(9,10)11/h1-3,12H. The van der Waals surface area contributed by atoms with E-state index in [9.17, 15) is 21.6 Å². The van der Waals surface area contributed by atoms with E-state index in [-0.39, 0.29) is 0 Å². The fourth-order valence-corrected chi connectivity index (χ4v) is 1.87. The molecule has 0 heterocycles. The molecule has 0 aliphatic heterocycles. The Kier molecular flexibility index (Phi) is 3.25. The predicted octanol–water partition coefficient (Wildman–Crippen LogP) is 2.22. The molecular formula is C7H4ClF3O4S. The van der Waals surface area contributed by atoms with Gasteiger partial charge in [-0.1, -0.05) is 0 Å². The average Bonchev–Trinajstić information content (AvgIpc) is 2.04. The van der Waals surface area contributed by atoms with Gasteiger partial charge in [0.25, 0.3) is 9.05 Å². The van der Waals surface area contributed by atoms with Crippen LogP contribution in [0.2, 0.25) is 0 Å². The van der Waals surface area contributed by atoms with Crippen LogP contribution in [0.3, 0.4) is 0 Å². The largest absolute Gasteiger partial charge is 0.573 e. The molecule has 0 aliphatic carbocycles. The van der Waals surface area contributed by atoms with Crippen LogP contribution in [-0.2, 0) is 9.05 Å². The molecule has 0 spiro atoms. The molecule has 0 amide bonds. The van der Waals surface area contributed by atoms with Crippen LogP contribution in [0.15, 0.2) is 23.1 Å². The van der Waals surface area contributed by atoms with Crippen molar-refractivity contribution in [3.8, 4) is 11.5 Å². The summed E-state index contributed by atoms with van der Waals surface area (Å²) >= 11 is 0. The van der Waals surface area contributed by atoms with E-state index >= 15 is 0 Å². The lowest BCUT2D eigenvalue weighted by Gasteiger charge is -2.11. The molecular weight excluding hydrogens is 273 g/mol. The van der Waals surface area contributed by atoms with Crippen molar-refractivity contribution in [2.75, 3.05) is 0 Å². The third kappa shape index (κ3) is 3.46. The molecule has 1 aromatic rings. The summed E-state index contributed by atoms with van der Waals surface area (Å²) in [6, 6.07) is 2.05. The van der Waals surface area contributed by atoms with Crippen LogP contribution in [-0.4, -0.2) is 19.9 Å². The lowest BCUT2D eigenvalue weighted by Crippen LogP contribution is -2.18. The third-order valence-electron chi connectivity index (χ3n) is 1.42. The van der Waals surface area contributed by atoms with Crippen molar-refractivity contribution in [2.24, 2.45) is 0 Å². The maximum absolute atomic E-state index is 11.9. The van der Waals surface area contributed by atoms with E-state index < -0.39 is 31.8 Å². The van der Waals surface area contributed by atoms with E-state index in [1.807, 2.05) is 0 Å². The quantitative estimate of drug-likeness (QED) is 0.841. The minimum Gasteiger partial charge on any atom is -0.508 e. The summed E-state index contributed by atoms with van der Waals surface area (Å²) in [6.07, 6.45) is -5.05. The Bertz CT molecular complexity index is 497. The minimum atomic E-state index is -5.05.